The lowest BCUT2D eigenvalue weighted by Gasteiger charge is -2.32. The van der Waals surface area contributed by atoms with E-state index in [1.807, 2.05) is 36.1 Å². The molecular formula is C15H23N3O2. The van der Waals surface area contributed by atoms with Crippen molar-refractivity contribution in [1.82, 2.24) is 9.80 Å². The second kappa shape index (κ2) is 7.14. The quantitative estimate of drug-likeness (QED) is 0.880. The SMILES string of the molecule is CCOc1ccc(NCC(=O)N2CCN(C)CC2)cc1. The molecule has 1 aromatic rings. The first-order chi connectivity index (χ1) is 9.69. The fraction of sp³-hybridized carbons (Fsp3) is 0.533. The van der Waals surface area contributed by atoms with E-state index in [1.54, 1.807) is 0 Å². The van der Waals surface area contributed by atoms with Crippen molar-refractivity contribution in [1.29, 1.82) is 0 Å². The van der Waals surface area contributed by atoms with E-state index in [0.29, 0.717) is 13.2 Å². The maximum Gasteiger partial charge on any atom is 0.241 e. The van der Waals surface area contributed by atoms with Crippen LogP contribution in [-0.4, -0.2) is 62.1 Å². The van der Waals surface area contributed by atoms with Crippen molar-refractivity contribution in [2.45, 2.75) is 6.92 Å². The van der Waals surface area contributed by atoms with Gasteiger partial charge in [0.05, 0.1) is 13.2 Å². The molecule has 0 radical (unpaired) electrons. The molecule has 1 aromatic carbocycles. The van der Waals surface area contributed by atoms with Crippen LogP contribution in [0.5, 0.6) is 5.75 Å². The standard InChI is InChI=1S/C15H23N3O2/c1-3-20-14-6-4-13(5-7-14)16-12-15(19)18-10-8-17(2)9-11-18/h4-7,16H,3,8-12H2,1-2H3. The molecule has 5 heteroatoms. The predicted octanol–water partition coefficient (Wildman–Crippen LogP) is 1.27. The molecule has 0 spiro atoms. The smallest absolute Gasteiger partial charge is 0.241 e. The van der Waals surface area contributed by atoms with Crippen LogP contribution in [0.25, 0.3) is 0 Å². The molecule has 1 N–H and O–H groups in total. The number of hydrogen-bond donors (Lipinski definition) is 1. The summed E-state index contributed by atoms with van der Waals surface area (Å²) < 4.78 is 5.38. The number of nitrogens with zero attached hydrogens (tertiary/aromatic N) is 2. The molecule has 0 saturated carbocycles. The van der Waals surface area contributed by atoms with Crippen LogP contribution >= 0.6 is 0 Å². The number of nitrogens with one attached hydrogen (secondary N) is 1. The molecule has 110 valence electrons. The molecule has 1 heterocycles. The van der Waals surface area contributed by atoms with Gasteiger partial charge in [0.25, 0.3) is 0 Å². The van der Waals surface area contributed by atoms with Gasteiger partial charge in [-0.05, 0) is 38.2 Å². The number of carbonyl (C=O) groups is 1. The molecule has 0 bridgehead atoms. The van der Waals surface area contributed by atoms with Crippen molar-refractivity contribution < 1.29 is 9.53 Å². The number of rotatable bonds is 5. The lowest BCUT2D eigenvalue weighted by molar-refractivity contribution is -0.130. The molecule has 0 unspecified atom stereocenters. The van der Waals surface area contributed by atoms with Crippen molar-refractivity contribution in [3.05, 3.63) is 24.3 Å². The van der Waals surface area contributed by atoms with E-state index in [2.05, 4.69) is 17.3 Å². The summed E-state index contributed by atoms with van der Waals surface area (Å²) in [7, 11) is 2.08. The molecule has 1 aliphatic rings. The van der Waals surface area contributed by atoms with Crippen molar-refractivity contribution in [3.8, 4) is 5.75 Å². The minimum absolute atomic E-state index is 0.159. The van der Waals surface area contributed by atoms with Crippen LogP contribution in [0, 0.1) is 0 Å². The number of anilines is 1. The lowest BCUT2D eigenvalue weighted by Crippen LogP contribution is -2.48. The van der Waals surface area contributed by atoms with Gasteiger partial charge in [-0.15, -0.1) is 0 Å². The van der Waals surface area contributed by atoms with E-state index < -0.39 is 0 Å². The van der Waals surface area contributed by atoms with Gasteiger partial charge in [0.2, 0.25) is 5.91 Å². The minimum Gasteiger partial charge on any atom is -0.494 e. The summed E-state index contributed by atoms with van der Waals surface area (Å²) in [5.41, 5.74) is 0.941. The Morgan fingerprint density at radius 1 is 1.20 bits per heavy atom. The third-order valence-electron chi connectivity index (χ3n) is 3.47. The van der Waals surface area contributed by atoms with Crippen LogP contribution < -0.4 is 10.1 Å². The van der Waals surface area contributed by atoms with E-state index >= 15 is 0 Å². The molecular weight excluding hydrogens is 254 g/mol. The van der Waals surface area contributed by atoms with Crippen LogP contribution in [0.15, 0.2) is 24.3 Å². The normalized spacial score (nSPS) is 16.0. The number of amides is 1. The Morgan fingerprint density at radius 2 is 1.85 bits per heavy atom. The molecule has 1 fully saturated rings. The van der Waals surface area contributed by atoms with E-state index in [0.717, 1.165) is 37.6 Å². The van der Waals surface area contributed by atoms with Gasteiger partial charge in [-0.2, -0.15) is 0 Å². The van der Waals surface area contributed by atoms with Gasteiger partial charge >= 0.3 is 0 Å². The summed E-state index contributed by atoms with van der Waals surface area (Å²) in [5, 5.41) is 3.16. The Balaban J connectivity index is 1.78. The first-order valence-corrected chi connectivity index (χ1v) is 7.12. The van der Waals surface area contributed by atoms with Gasteiger partial charge < -0.3 is 19.9 Å². The fourth-order valence-electron chi connectivity index (χ4n) is 2.18. The fourth-order valence-corrected chi connectivity index (χ4v) is 2.18. The van der Waals surface area contributed by atoms with Gasteiger partial charge in [0.1, 0.15) is 5.75 Å². The highest BCUT2D eigenvalue weighted by atomic mass is 16.5. The Kier molecular flexibility index (Phi) is 5.24. The van der Waals surface area contributed by atoms with Crippen LogP contribution in [0.2, 0.25) is 0 Å². The Bertz CT molecular complexity index is 425. The topological polar surface area (TPSA) is 44.8 Å². The molecule has 20 heavy (non-hydrogen) atoms. The largest absolute Gasteiger partial charge is 0.494 e. The van der Waals surface area contributed by atoms with E-state index in [9.17, 15) is 4.79 Å². The van der Waals surface area contributed by atoms with Crippen LogP contribution in [0.1, 0.15) is 6.92 Å². The van der Waals surface area contributed by atoms with Crippen LogP contribution in [0.3, 0.4) is 0 Å². The van der Waals surface area contributed by atoms with E-state index in [4.69, 9.17) is 4.74 Å². The second-order valence-electron chi connectivity index (χ2n) is 5.00. The predicted molar refractivity (Wildman–Crippen MR) is 80.2 cm³/mol. The van der Waals surface area contributed by atoms with Gasteiger partial charge in [-0.1, -0.05) is 0 Å². The number of piperazine rings is 1. The summed E-state index contributed by atoms with van der Waals surface area (Å²) in [6, 6.07) is 7.68. The van der Waals surface area contributed by atoms with Gasteiger partial charge in [0, 0.05) is 31.9 Å². The molecule has 1 amide bonds. The highest BCUT2D eigenvalue weighted by Gasteiger charge is 2.18. The Labute approximate surface area is 120 Å². The maximum atomic E-state index is 12.1. The monoisotopic (exact) mass is 277 g/mol. The first kappa shape index (κ1) is 14.7. The summed E-state index contributed by atoms with van der Waals surface area (Å²) in [4.78, 5) is 16.2. The lowest BCUT2D eigenvalue weighted by atomic mass is 10.3. The third-order valence-corrected chi connectivity index (χ3v) is 3.47. The number of hydrogen-bond acceptors (Lipinski definition) is 4. The summed E-state index contributed by atoms with van der Waals surface area (Å²) in [6.45, 7) is 6.51. The number of carbonyl (C=O) groups excluding carboxylic acids is 1. The van der Waals surface area contributed by atoms with E-state index in [1.165, 1.54) is 0 Å². The van der Waals surface area contributed by atoms with Crippen LogP contribution in [-0.2, 0) is 4.79 Å². The van der Waals surface area contributed by atoms with Gasteiger partial charge in [0.15, 0.2) is 0 Å². The van der Waals surface area contributed by atoms with Crippen molar-refractivity contribution in [2.24, 2.45) is 0 Å². The van der Waals surface area contributed by atoms with Crippen molar-refractivity contribution in [3.63, 3.8) is 0 Å². The summed E-state index contributed by atoms with van der Waals surface area (Å²) in [6.07, 6.45) is 0. The minimum atomic E-state index is 0.159. The number of ether oxygens (including phenoxy) is 1. The van der Waals surface area contributed by atoms with Gasteiger partial charge in [-0.25, -0.2) is 0 Å². The molecule has 2 rings (SSSR count). The molecule has 1 saturated heterocycles. The maximum absolute atomic E-state index is 12.1. The second-order valence-corrected chi connectivity index (χ2v) is 5.00. The Hall–Kier alpha value is -1.75. The molecule has 5 nitrogen and oxygen atoms in total. The average Bonchev–Trinajstić information content (AvgIpc) is 2.47. The molecule has 0 atom stereocenters. The summed E-state index contributed by atoms with van der Waals surface area (Å²) >= 11 is 0. The van der Waals surface area contributed by atoms with Crippen molar-refractivity contribution >= 4 is 11.6 Å². The number of likely N-dealkylation sites (N-methyl/N-ethyl adjacent to an activating group) is 1. The molecule has 1 aliphatic heterocycles. The van der Waals surface area contributed by atoms with Crippen molar-refractivity contribution in [2.75, 3.05) is 51.7 Å². The zero-order valence-corrected chi connectivity index (χ0v) is 12.3. The van der Waals surface area contributed by atoms with Gasteiger partial charge in [-0.3, -0.25) is 4.79 Å². The average molecular weight is 277 g/mol. The zero-order chi connectivity index (χ0) is 14.4. The highest BCUT2D eigenvalue weighted by molar-refractivity contribution is 5.81. The van der Waals surface area contributed by atoms with E-state index in [-0.39, 0.29) is 5.91 Å². The zero-order valence-electron chi connectivity index (χ0n) is 12.3. The molecule has 0 aromatic heterocycles. The number of benzene rings is 1. The summed E-state index contributed by atoms with van der Waals surface area (Å²) in [5.74, 6) is 1.01. The third kappa shape index (κ3) is 4.13. The first-order valence-electron chi connectivity index (χ1n) is 7.12. The molecule has 0 aliphatic carbocycles. The van der Waals surface area contributed by atoms with Crippen LogP contribution in [0.4, 0.5) is 5.69 Å². The highest BCUT2D eigenvalue weighted by Crippen LogP contribution is 2.15. The Morgan fingerprint density at radius 3 is 2.45 bits per heavy atom.